The Balaban J connectivity index is 1.83. The van der Waals surface area contributed by atoms with E-state index in [1.54, 1.807) is 23.1 Å². The number of nitrogens with one attached hydrogen (secondary N) is 1. The van der Waals surface area contributed by atoms with Crippen LogP contribution in [0.25, 0.3) is 0 Å². The number of rotatable bonds is 7. The van der Waals surface area contributed by atoms with Gasteiger partial charge in [0.2, 0.25) is 5.91 Å². The van der Waals surface area contributed by atoms with Crippen LogP contribution in [0.5, 0.6) is 5.75 Å². The van der Waals surface area contributed by atoms with Gasteiger partial charge in [-0.25, -0.2) is 0 Å². The molecule has 2 amide bonds. The molecule has 0 aliphatic carbocycles. The molecule has 1 aromatic carbocycles. The van der Waals surface area contributed by atoms with Crippen LogP contribution >= 0.6 is 23.4 Å². The van der Waals surface area contributed by atoms with Crippen LogP contribution in [0.3, 0.4) is 0 Å². The van der Waals surface area contributed by atoms with Crippen molar-refractivity contribution >= 4 is 40.2 Å². The summed E-state index contributed by atoms with van der Waals surface area (Å²) in [5.74, 6) is 1.69. The number of amides is 2. The lowest BCUT2D eigenvalue weighted by Gasteiger charge is -2.14. The standard InChI is InChI=1S/C16H21ClN2O3S/c1-11(2)10-22-14-4-3-12(9-13(14)17)18-15(20)5-6-19-7-8-23-16(19)21/h3-4,9,11H,5-8,10H2,1-2H3,(H,18,20). The number of benzene rings is 1. The number of hydrogen-bond donors (Lipinski definition) is 1. The summed E-state index contributed by atoms with van der Waals surface area (Å²) in [5, 5.41) is 3.31. The number of carbonyl (C=O) groups excluding carboxylic acids is 2. The Hall–Kier alpha value is -1.40. The first kappa shape index (κ1) is 17.9. The van der Waals surface area contributed by atoms with Gasteiger partial charge in [0.05, 0.1) is 11.6 Å². The zero-order chi connectivity index (χ0) is 16.8. The third-order valence-electron chi connectivity index (χ3n) is 3.24. The Kier molecular flexibility index (Phi) is 6.59. The SMILES string of the molecule is CC(C)COc1ccc(NC(=O)CCN2CCSC2=O)cc1Cl. The molecular weight excluding hydrogens is 336 g/mol. The highest BCUT2D eigenvalue weighted by Crippen LogP contribution is 2.28. The van der Waals surface area contributed by atoms with E-state index < -0.39 is 0 Å². The Morgan fingerprint density at radius 1 is 1.48 bits per heavy atom. The van der Waals surface area contributed by atoms with Crippen LogP contribution in [0.1, 0.15) is 20.3 Å². The van der Waals surface area contributed by atoms with Crippen LogP contribution in [0.15, 0.2) is 18.2 Å². The van der Waals surface area contributed by atoms with E-state index in [9.17, 15) is 9.59 Å². The molecule has 2 rings (SSSR count). The topological polar surface area (TPSA) is 58.6 Å². The quantitative estimate of drug-likeness (QED) is 0.805. The summed E-state index contributed by atoms with van der Waals surface area (Å²) < 4.78 is 5.59. The van der Waals surface area contributed by atoms with E-state index >= 15 is 0 Å². The van der Waals surface area contributed by atoms with Gasteiger partial charge in [0.1, 0.15) is 5.75 Å². The van der Waals surface area contributed by atoms with Crippen molar-refractivity contribution in [3.8, 4) is 5.75 Å². The average Bonchev–Trinajstić information content (AvgIpc) is 2.89. The lowest BCUT2D eigenvalue weighted by molar-refractivity contribution is -0.116. The molecule has 1 aromatic rings. The molecule has 5 nitrogen and oxygen atoms in total. The van der Waals surface area contributed by atoms with Gasteiger partial charge in [-0.1, -0.05) is 37.2 Å². The van der Waals surface area contributed by atoms with Crippen LogP contribution < -0.4 is 10.1 Å². The largest absolute Gasteiger partial charge is 0.492 e. The van der Waals surface area contributed by atoms with Crippen LogP contribution in [-0.2, 0) is 4.79 Å². The summed E-state index contributed by atoms with van der Waals surface area (Å²) in [7, 11) is 0. The van der Waals surface area contributed by atoms with Gasteiger partial charge in [0.25, 0.3) is 5.24 Å². The zero-order valence-corrected chi connectivity index (χ0v) is 14.9. The molecule has 7 heteroatoms. The Bertz CT molecular complexity index is 580. The summed E-state index contributed by atoms with van der Waals surface area (Å²) in [5.41, 5.74) is 0.624. The molecule has 126 valence electrons. The second-order valence-corrected chi connectivity index (χ2v) is 7.20. The summed E-state index contributed by atoms with van der Waals surface area (Å²) in [6.07, 6.45) is 0.273. The second-order valence-electron chi connectivity index (χ2n) is 5.75. The number of thioether (sulfide) groups is 1. The number of nitrogens with zero attached hydrogens (tertiary/aromatic N) is 1. The van der Waals surface area contributed by atoms with Gasteiger partial charge in [0.15, 0.2) is 0 Å². The first-order chi connectivity index (χ1) is 11.0. The number of anilines is 1. The van der Waals surface area contributed by atoms with Crippen molar-refractivity contribution in [2.24, 2.45) is 5.92 Å². The van der Waals surface area contributed by atoms with Gasteiger partial charge in [-0.15, -0.1) is 0 Å². The summed E-state index contributed by atoms with van der Waals surface area (Å²) in [6.45, 7) is 5.87. The molecule has 1 saturated heterocycles. The number of carbonyl (C=O) groups is 2. The molecule has 0 aromatic heterocycles. The average molecular weight is 357 g/mol. The Morgan fingerprint density at radius 3 is 2.87 bits per heavy atom. The molecule has 0 unspecified atom stereocenters. The van der Waals surface area contributed by atoms with E-state index in [1.807, 2.05) is 0 Å². The van der Waals surface area contributed by atoms with Gasteiger partial charge >= 0.3 is 0 Å². The normalized spacial score (nSPS) is 14.4. The van der Waals surface area contributed by atoms with Crippen LogP contribution in [0, 0.1) is 5.92 Å². The molecule has 0 radical (unpaired) electrons. The molecule has 23 heavy (non-hydrogen) atoms. The number of ether oxygens (including phenoxy) is 1. The van der Waals surface area contributed by atoms with Crippen molar-refractivity contribution in [2.75, 3.05) is 30.8 Å². The highest BCUT2D eigenvalue weighted by atomic mass is 35.5. The van der Waals surface area contributed by atoms with E-state index in [0.29, 0.717) is 42.1 Å². The molecular formula is C16H21ClN2O3S. The van der Waals surface area contributed by atoms with Gasteiger partial charge in [-0.05, 0) is 24.1 Å². The molecule has 1 aliphatic heterocycles. The fraction of sp³-hybridized carbons (Fsp3) is 0.500. The maximum Gasteiger partial charge on any atom is 0.281 e. The van der Waals surface area contributed by atoms with Crippen molar-refractivity contribution in [1.82, 2.24) is 4.90 Å². The minimum absolute atomic E-state index is 0.0486. The van der Waals surface area contributed by atoms with Gasteiger partial charge in [0, 0.05) is 31.0 Å². The van der Waals surface area contributed by atoms with Crippen molar-refractivity contribution in [2.45, 2.75) is 20.3 Å². The molecule has 0 bridgehead atoms. The van der Waals surface area contributed by atoms with Crippen molar-refractivity contribution in [3.05, 3.63) is 23.2 Å². The van der Waals surface area contributed by atoms with Gasteiger partial charge < -0.3 is 15.0 Å². The Labute approximate surface area is 145 Å². The maximum atomic E-state index is 12.0. The molecule has 0 saturated carbocycles. The predicted octanol–water partition coefficient (Wildman–Crippen LogP) is 3.87. The highest BCUT2D eigenvalue weighted by Gasteiger charge is 2.21. The van der Waals surface area contributed by atoms with Crippen LogP contribution in [0.2, 0.25) is 5.02 Å². The summed E-state index contributed by atoms with van der Waals surface area (Å²) in [4.78, 5) is 25.1. The first-order valence-corrected chi connectivity index (χ1v) is 8.96. The van der Waals surface area contributed by atoms with Crippen molar-refractivity contribution in [3.63, 3.8) is 0 Å². The molecule has 0 spiro atoms. The minimum Gasteiger partial charge on any atom is -0.492 e. The van der Waals surface area contributed by atoms with Gasteiger partial charge in [-0.2, -0.15) is 0 Å². The van der Waals surface area contributed by atoms with E-state index in [4.69, 9.17) is 16.3 Å². The molecule has 1 aliphatic rings. The molecule has 1 fully saturated rings. The smallest absolute Gasteiger partial charge is 0.281 e. The van der Waals surface area contributed by atoms with E-state index in [2.05, 4.69) is 19.2 Å². The second kappa shape index (κ2) is 8.45. The number of hydrogen-bond acceptors (Lipinski definition) is 4. The fourth-order valence-electron chi connectivity index (χ4n) is 2.04. The zero-order valence-electron chi connectivity index (χ0n) is 13.3. The molecule has 1 heterocycles. The molecule has 0 atom stereocenters. The van der Waals surface area contributed by atoms with E-state index in [-0.39, 0.29) is 17.6 Å². The van der Waals surface area contributed by atoms with Crippen LogP contribution in [0.4, 0.5) is 10.5 Å². The van der Waals surface area contributed by atoms with Crippen molar-refractivity contribution < 1.29 is 14.3 Å². The highest BCUT2D eigenvalue weighted by molar-refractivity contribution is 8.13. The lowest BCUT2D eigenvalue weighted by atomic mass is 10.2. The molecule has 1 N–H and O–H groups in total. The Morgan fingerprint density at radius 2 is 2.26 bits per heavy atom. The minimum atomic E-state index is -0.137. The third-order valence-corrected chi connectivity index (χ3v) is 4.43. The summed E-state index contributed by atoms with van der Waals surface area (Å²) in [6, 6.07) is 5.18. The van der Waals surface area contributed by atoms with E-state index in [1.165, 1.54) is 11.8 Å². The third kappa shape index (κ3) is 5.62. The fourth-order valence-corrected chi connectivity index (χ4v) is 3.13. The first-order valence-electron chi connectivity index (χ1n) is 7.59. The van der Waals surface area contributed by atoms with E-state index in [0.717, 1.165) is 5.75 Å². The van der Waals surface area contributed by atoms with Crippen LogP contribution in [-0.4, -0.2) is 41.5 Å². The predicted molar refractivity (Wildman–Crippen MR) is 94.5 cm³/mol. The van der Waals surface area contributed by atoms with Gasteiger partial charge in [-0.3, -0.25) is 9.59 Å². The lowest BCUT2D eigenvalue weighted by Crippen LogP contribution is -2.27. The van der Waals surface area contributed by atoms with Crippen molar-refractivity contribution in [1.29, 1.82) is 0 Å². The maximum absolute atomic E-state index is 12.0. The monoisotopic (exact) mass is 356 g/mol. The number of halogens is 1. The summed E-state index contributed by atoms with van der Waals surface area (Å²) >= 11 is 7.46.